The number of carboxylic acid groups (broad SMARTS) is 1. The van der Waals surface area contributed by atoms with Gasteiger partial charge in [-0.15, -0.1) is 11.3 Å². The maximum absolute atomic E-state index is 13.0. The molecule has 1 amide bonds. The molecule has 0 aliphatic heterocycles. The Kier molecular flexibility index (Phi) is 4.89. The van der Waals surface area contributed by atoms with Gasteiger partial charge in [-0.25, -0.2) is 9.37 Å². The average Bonchev–Trinajstić information content (AvgIpc) is 3.04. The Morgan fingerprint density at radius 1 is 1.17 bits per heavy atom. The van der Waals surface area contributed by atoms with Crippen molar-refractivity contribution < 1.29 is 19.1 Å². The number of anilines is 1. The van der Waals surface area contributed by atoms with Crippen LogP contribution in [0, 0.1) is 17.7 Å². The maximum atomic E-state index is 13.0. The molecule has 2 aromatic rings. The van der Waals surface area contributed by atoms with Gasteiger partial charge < -0.3 is 15.2 Å². The molecule has 1 aliphatic rings. The van der Waals surface area contributed by atoms with Gasteiger partial charge in [-0.3, -0.25) is 4.79 Å². The summed E-state index contributed by atoms with van der Waals surface area (Å²) in [6.45, 7) is 0. The van der Waals surface area contributed by atoms with Gasteiger partial charge in [0.1, 0.15) is 5.82 Å². The lowest BCUT2D eigenvalue weighted by Crippen LogP contribution is -2.42. The van der Waals surface area contributed by atoms with Crippen LogP contribution >= 0.6 is 11.3 Å². The summed E-state index contributed by atoms with van der Waals surface area (Å²) in [6.07, 6.45) is 2.65. The van der Waals surface area contributed by atoms with Gasteiger partial charge in [0.25, 0.3) is 0 Å². The molecule has 1 saturated carbocycles. The summed E-state index contributed by atoms with van der Waals surface area (Å²) >= 11 is 1.25. The minimum Gasteiger partial charge on any atom is -0.550 e. The first kappa shape index (κ1) is 16.6. The van der Waals surface area contributed by atoms with E-state index in [1.807, 2.05) is 0 Å². The fraction of sp³-hybridized carbons (Fsp3) is 0.353. The second-order valence-electron chi connectivity index (χ2n) is 5.85. The predicted octanol–water partition coefficient (Wildman–Crippen LogP) is 2.44. The topological polar surface area (TPSA) is 82.1 Å². The van der Waals surface area contributed by atoms with E-state index < -0.39 is 17.8 Å². The summed E-state index contributed by atoms with van der Waals surface area (Å²) in [5.74, 6) is -3.14. The molecule has 24 heavy (non-hydrogen) atoms. The van der Waals surface area contributed by atoms with Crippen LogP contribution in [-0.2, 0) is 9.59 Å². The van der Waals surface area contributed by atoms with Crippen LogP contribution in [0.25, 0.3) is 11.3 Å². The number of thiazole rings is 1. The zero-order valence-corrected chi connectivity index (χ0v) is 13.6. The van der Waals surface area contributed by atoms with Crippen molar-refractivity contribution in [1.82, 2.24) is 4.98 Å². The summed E-state index contributed by atoms with van der Waals surface area (Å²) in [4.78, 5) is 27.9. The van der Waals surface area contributed by atoms with Crippen molar-refractivity contribution in [3.8, 4) is 11.3 Å². The van der Waals surface area contributed by atoms with E-state index in [1.165, 1.54) is 23.5 Å². The number of aromatic nitrogens is 1. The van der Waals surface area contributed by atoms with Crippen molar-refractivity contribution in [2.75, 3.05) is 5.32 Å². The lowest BCUT2D eigenvalue weighted by atomic mass is 9.79. The van der Waals surface area contributed by atoms with Gasteiger partial charge in [0.15, 0.2) is 5.13 Å². The van der Waals surface area contributed by atoms with Crippen molar-refractivity contribution >= 4 is 28.3 Å². The SMILES string of the molecule is O=C([O-])[C@H]1CCCC[C@@H]1C(=O)Nc1nc(-c2ccc(F)cc2)cs1. The predicted molar refractivity (Wildman–Crippen MR) is 86.6 cm³/mol. The third kappa shape index (κ3) is 3.62. The second-order valence-corrected chi connectivity index (χ2v) is 6.71. The Hall–Kier alpha value is -2.28. The molecule has 3 rings (SSSR count). The zero-order chi connectivity index (χ0) is 17.1. The summed E-state index contributed by atoms with van der Waals surface area (Å²) in [5.41, 5.74) is 1.38. The molecule has 1 aromatic carbocycles. The van der Waals surface area contributed by atoms with Crippen LogP contribution in [0.2, 0.25) is 0 Å². The Bertz CT molecular complexity index is 745. The number of benzene rings is 1. The van der Waals surface area contributed by atoms with Crippen LogP contribution in [0.15, 0.2) is 29.6 Å². The number of hydrogen-bond donors (Lipinski definition) is 1. The fourth-order valence-electron chi connectivity index (χ4n) is 3.01. The number of carboxylic acids is 1. The van der Waals surface area contributed by atoms with Gasteiger partial charge in [0.05, 0.1) is 5.69 Å². The lowest BCUT2D eigenvalue weighted by molar-refractivity contribution is -0.313. The van der Waals surface area contributed by atoms with E-state index in [-0.39, 0.29) is 11.7 Å². The third-order valence-electron chi connectivity index (χ3n) is 4.28. The number of carbonyl (C=O) groups is 2. The van der Waals surface area contributed by atoms with Gasteiger partial charge in [-0.2, -0.15) is 0 Å². The Balaban J connectivity index is 1.70. The molecule has 0 radical (unpaired) electrons. The van der Waals surface area contributed by atoms with E-state index >= 15 is 0 Å². The van der Waals surface area contributed by atoms with Crippen LogP contribution in [0.3, 0.4) is 0 Å². The third-order valence-corrected chi connectivity index (χ3v) is 5.04. The van der Waals surface area contributed by atoms with Crippen molar-refractivity contribution in [2.45, 2.75) is 25.7 Å². The van der Waals surface area contributed by atoms with Crippen molar-refractivity contribution in [2.24, 2.45) is 11.8 Å². The number of carbonyl (C=O) groups excluding carboxylic acids is 2. The molecule has 1 aromatic heterocycles. The number of hydrogen-bond acceptors (Lipinski definition) is 5. The number of aliphatic carboxylic acids is 1. The van der Waals surface area contributed by atoms with E-state index in [0.29, 0.717) is 23.7 Å². The van der Waals surface area contributed by atoms with Crippen LogP contribution in [-0.4, -0.2) is 16.9 Å². The highest BCUT2D eigenvalue weighted by molar-refractivity contribution is 7.14. The minimum absolute atomic E-state index is 0.326. The molecule has 0 saturated heterocycles. The van der Waals surface area contributed by atoms with Gasteiger partial charge in [-0.05, 0) is 37.1 Å². The van der Waals surface area contributed by atoms with Crippen LogP contribution < -0.4 is 10.4 Å². The molecule has 1 fully saturated rings. The van der Waals surface area contributed by atoms with Crippen molar-refractivity contribution in [3.05, 3.63) is 35.5 Å². The number of nitrogens with one attached hydrogen (secondary N) is 1. The highest BCUT2D eigenvalue weighted by atomic mass is 32.1. The summed E-state index contributed by atoms with van der Waals surface area (Å²) in [7, 11) is 0. The largest absolute Gasteiger partial charge is 0.550 e. The first-order chi connectivity index (χ1) is 11.5. The van der Waals surface area contributed by atoms with Crippen LogP contribution in [0.4, 0.5) is 9.52 Å². The van der Waals surface area contributed by atoms with Gasteiger partial charge >= 0.3 is 0 Å². The Labute approximate surface area is 142 Å². The van der Waals surface area contributed by atoms with Gasteiger partial charge in [0, 0.05) is 28.7 Å². The molecular formula is C17H16FN2O3S-. The molecule has 7 heteroatoms. The molecule has 0 bridgehead atoms. The summed E-state index contributed by atoms with van der Waals surface area (Å²) in [6, 6.07) is 5.92. The molecule has 1 N–H and O–H groups in total. The van der Waals surface area contributed by atoms with E-state index in [4.69, 9.17) is 0 Å². The van der Waals surface area contributed by atoms with Crippen LogP contribution in [0.1, 0.15) is 25.7 Å². The molecule has 126 valence electrons. The molecule has 5 nitrogen and oxygen atoms in total. The number of nitrogens with zero attached hydrogens (tertiary/aromatic N) is 1. The van der Waals surface area contributed by atoms with Gasteiger partial charge in [0.2, 0.25) is 5.91 Å². The molecular weight excluding hydrogens is 331 g/mol. The smallest absolute Gasteiger partial charge is 0.229 e. The summed E-state index contributed by atoms with van der Waals surface area (Å²) in [5, 5.41) is 16.1. The lowest BCUT2D eigenvalue weighted by Gasteiger charge is -2.30. The number of amides is 1. The summed E-state index contributed by atoms with van der Waals surface area (Å²) < 4.78 is 13.0. The monoisotopic (exact) mass is 347 g/mol. The van der Waals surface area contributed by atoms with E-state index in [9.17, 15) is 19.1 Å². The quantitative estimate of drug-likeness (QED) is 0.921. The molecule has 0 spiro atoms. The van der Waals surface area contributed by atoms with E-state index in [1.54, 1.807) is 17.5 Å². The zero-order valence-electron chi connectivity index (χ0n) is 12.8. The number of halogens is 1. The average molecular weight is 347 g/mol. The fourth-order valence-corrected chi connectivity index (χ4v) is 3.73. The minimum atomic E-state index is -1.17. The first-order valence-corrected chi connectivity index (χ1v) is 8.66. The van der Waals surface area contributed by atoms with Crippen molar-refractivity contribution in [1.29, 1.82) is 0 Å². The second kappa shape index (κ2) is 7.09. The van der Waals surface area contributed by atoms with Crippen LogP contribution in [0.5, 0.6) is 0 Å². The van der Waals surface area contributed by atoms with Crippen molar-refractivity contribution in [3.63, 3.8) is 0 Å². The van der Waals surface area contributed by atoms with Gasteiger partial charge in [-0.1, -0.05) is 12.8 Å². The first-order valence-electron chi connectivity index (χ1n) is 7.78. The highest BCUT2D eigenvalue weighted by Gasteiger charge is 2.32. The highest BCUT2D eigenvalue weighted by Crippen LogP contribution is 2.32. The molecule has 0 unspecified atom stereocenters. The molecule has 1 heterocycles. The molecule has 2 atom stereocenters. The normalized spacial score (nSPS) is 20.5. The van der Waals surface area contributed by atoms with E-state index in [0.717, 1.165) is 18.4 Å². The number of rotatable bonds is 4. The van der Waals surface area contributed by atoms with E-state index in [2.05, 4.69) is 10.3 Å². The molecule has 1 aliphatic carbocycles. The Morgan fingerprint density at radius 2 is 1.83 bits per heavy atom. The maximum Gasteiger partial charge on any atom is 0.229 e. The standard InChI is InChI=1S/C17H17FN2O3S/c18-11-7-5-10(6-8-11)14-9-24-17(19-14)20-15(21)12-3-1-2-4-13(12)16(22)23/h5-9,12-13H,1-4H2,(H,22,23)(H,19,20,21)/p-1/t12-,13-/m0/s1. The Morgan fingerprint density at radius 3 is 2.50 bits per heavy atom.